The first kappa shape index (κ1) is 19.9. The summed E-state index contributed by atoms with van der Waals surface area (Å²) < 4.78 is 11.6. The Morgan fingerprint density at radius 1 is 0.895 bits per heavy atom. The van der Waals surface area contributed by atoms with E-state index in [9.17, 15) is 0 Å². The first-order valence-electron chi connectivity index (χ1n) is 7.15. The van der Waals surface area contributed by atoms with Gasteiger partial charge in [-0.3, -0.25) is 0 Å². The Morgan fingerprint density at radius 3 is 1.47 bits per heavy atom. The Bertz CT molecular complexity index is 278. The van der Waals surface area contributed by atoms with Crippen molar-refractivity contribution in [3.05, 3.63) is 0 Å². The van der Waals surface area contributed by atoms with E-state index < -0.39 is 5.69 Å². The molecule has 0 atom stereocenters. The van der Waals surface area contributed by atoms with Crippen molar-refractivity contribution >= 4 is 29.7 Å². The van der Waals surface area contributed by atoms with Crippen molar-refractivity contribution in [3.8, 4) is 0 Å². The van der Waals surface area contributed by atoms with Crippen LogP contribution >= 0.6 is 17.9 Å². The highest BCUT2D eigenvalue weighted by atomic mass is 32.9. The van der Waals surface area contributed by atoms with Gasteiger partial charge in [0, 0.05) is 0 Å². The minimum atomic E-state index is -2.40. The molecule has 0 bridgehead atoms. The average Bonchev–Trinajstić information content (AvgIpc) is 2.25. The Kier molecular flexibility index (Phi) is 8.79. The largest absolute Gasteiger partial charge is 0.321 e. The van der Waals surface area contributed by atoms with Crippen LogP contribution in [-0.4, -0.2) is 13.2 Å². The Morgan fingerprint density at radius 2 is 1.21 bits per heavy atom. The molecule has 0 aliphatic carbocycles. The third-order valence-corrected chi connectivity index (χ3v) is 5.33. The summed E-state index contributed by atoms with van der Waals surface area (Å²) in [5.41, 5.74) is -2.12. The quantitative estimate of drug-likeness (QED) is 0.403. The highest BCUT2D eigenvalue weighted by molar-refractivity contribution is 8.60. The summed E-state index contributed by atoms with van der Waals surface area (Å²) in [6.07, 6.45) is 4.54. The van der Waals surface area contributed by atoms with Crippen LogP contribution in [0.4, 0.5) is 0 Å². The molecule has 0 rings (SSSR count). The fourth-order valence-electron chi connectivity index (χ4n) is 2.05. The van der Waals surface area contributed by atoms with E-state index in [2.05, 4.69) is 53.8 Å². The van der Waals surface area contributed by atoms with Crippen molar-refractivity contribution < 1.29 is 9.05 Å². The van der Waals surface area contributed by atoms with Gasteiger partial charge in [0.15, 0.2) is 0 Å². The summed E-state index contributed by atoms with van der Waals surface area (Å²) in [5.74, 6) is 0. The van der Waals surface area contributed by atoms with Crippen molar-refractivity contribution in [2.24, 2.45) is 10.8 Å². The molecule has 0 fully saturated rings. The molecule has 0 aromatic rings. The van der Waals surface area contributed by atoms with Crippen molar-refractivity contribution in [3.63, 3.8) is 0 Å². The fourth-order valence-corrected chi connectivity index (χ4v) is 3.81. The minimum Gasteiger partial charge on any atom is -0.321 e. The first-order valence-corrected chi connectivity index (χ1v) is 10.9. The van der Waals surface area contributed by atoms with Gasteiger partial charge >= 0.3 is 0 Å². The number of hydrogen-bond donors (Lipinski definition) is 1. The second-order valence-electron chi connectivity index (χ2n) is 6.84. The Hall–Kier alpha value is 0.920. The van der Waals surface area contributed by atoms with Crippen molar-refractivity contribution in [1.82, 2.24) is 0 Å². The van der Waals surface area contributed by atoms with Crippen molar-refractivity contribution in [1.29, 1.82) is 0 Å². The van der Waals surface area contributed by atoms with Gasteiger partial charge in [-0.05, 0) is 35.5 Å². The monoisotopic (exact) mass is 326 g/mol. The van der Waals surface area contributed by atoms with E-state index in [1.165, 1.54) is 0 Å². The fraction of sp³-hybridized carbons (Fsp3) is 1.00. The van der Waals surface area contributed by atoms with Crippen LogP contribution in [0, 0.1) is 10.8 Å². The Balaban J connectivity index is 4.23. The third kappa shape index (κ3) is 10.3. The van der Waals surface area contributed by atoms with E-state index >= 15 is 0 Å². The highest BCUT2D eigenvalue weighted by Gasteiger charge is 2.25. The molecule has 0 amide bonds. The van der Waals surface area contributed by atoms with Gasteiger partial charge in [0.25, 0.3) is 0 Å². The summed E-state index contributed by atoms with van der Waals surface area (Å²) in [4.78, 5) is 0. The van der Waals surface area contributed by atoms with Crippen molar-refractivity contribution in [2.45, 2.75) is 67.2 Å². The van der Waals surface area contributed by atoms with Crippen molar-refractivity contribution in [2.75, 3.05) is 13.2 Å². The number of hydrogen-bond acceptors (Lipinski definition) is 3. The molecule has 0 N–H and O–H groups in total. The van der Waals surface area contributed by atoms with E-state index in [0.717, 1.165) is 25.7 Å². The molecule has 0 aliphatic rings. The van der Waals surface area contributed by atoms with E-state index in [-0.39, 0.29) is 10.8 Å². The van der Waals surface area contributed by atoms with Crippen LogP contribution in [0.1, 0.15) is 67.2 Å². The molecule has 0 heterocycles. The highest BCUT2D eigenvalue weighted by Crippen LogP contribution is 2.55. The number of rotatable bonds is 10. The molecule has 0 saturated heterocycles. The van der Waals surface area contributed by atoms with Crippen LogP contribution in [0.15, 0.2) is 0 Å². The summed E-state index contributed by atoms with van der Waals surface area (Å²) in [6.45, 7) is 14.4. The topological polar surface area (TPSA) is 18.5 Å². The van der Waals surface area contributed by atoms with Crippen LogP contribution in [0.5, 0.6) is 0 Å². The van der Waals surface area contributed by atoms with E-state index in [4.69, 9.17) is 20.9 Å². The van der Waals surface area contributed by atoms with Gasteiger partial charge in [-0.2, -0.15) is 0 Å². The van der Waals surface area contributed by atoms with Crippen LogP contribution in [0.3, 0.4) is 0 Å². The maximum Gasteiger partial charge on any atom is 0.244 e. The zero-order chi connectivity index (χ0) is 15.2. The smallest absolute Gasteiger partial charge is 0.244 e. The summed E-state index contributed by atoms with van der Waals surface area (Å²) in [7, 11) is 0. The van der Waals surface area contributed by atoms with Gasteiger partial charge in [-0.1, -0.05) is 66.6 Å². The standard InChI is InChI=1S/C14H31O2PS2/c1-7-9-13(3,4)11-15-17(18,19)16-12-14(5,6)10-8-2/h7-12H2,1-6H3,(H,18,19). The predicted molar refractivity (Wildman–Crippen MR) is 92.6 cm³/mol. The molecule has 0 radical (unpaired) electrons. The van der Waals surface area contributed by atoms with Crippen LogP contribution in [0.25, 0.3) is 0 Å². The zero-order valence-corrected chi connectivity index (χ0v) is 16.0. The predicted octanol–water partition coefficient (Wildman–Crippen LogP) is 5.83. The zero-order valence-electron chi connectivity index (χ0n) is 13.4. The molecule has 0 aromatic heterocycles. The molecule has 0 aromatic carbocycles. The normalized spacial score (nSPS) is 13.8. The third-order valence-electron chi connectivity index (χ3n) is 3.09. The molecule has 19 heavy (non-hydrogen) atoms. The van der Waals surface area contributed by atoms with Gasteiger partial charge in [-0.25, -0.2) is 0 Å². The summed E-state index contributed by atoms with van der Waals surface area (Å²) in [5, 5.41) is 0. The molecule has 0 spiro atoms. The number of thiol groups is 1. The maximum atomic E-state index is 5.79. The van der Waals surface area contributed by atoms with Gasteiger partial charge < -0.3 is 9.05 Å². The van der Waals surface area contributed by atoms with Crippen LogP contribution < -0.4 is 0 Å². The second-order valence-corrected chi connectivity index (χ2v) is 12.1. The molecule has 0 unspecified atom stereocenters. The summed E-state index contributed by atoms with van der Waals surface area (Å²) >= 11 is 9.81. The van der Waals surface area contributed by atoms with Crippen LogP contribution in [-0.2, 0) is 20.9 Å². The van der Waals surface area contributed by atoms with Gasteiger partial charge in [0.2, 0.25) is 5.69 Å². The molecule has 0 saturated carbocycles. The Labute approximate surface area is 130 Å². The maximum absolute atomic E-state index is 5.79. The molecular formula is C14H31O2PS2. The SMILES string of the molecule is CCCC(C)(C)COP(=S)(S)OCC(C)(C)CCC. The lowest BCUT2D eigenvalue weighted by molar-refractivity contribution is 0.132. The molecule has 116 valence electrons. The molecule has 0 aliphatic heterocycles. The lowest BCUT2D eigenvalue weighted by atomic mass is 9.89. The van der Waals surface area contributed by atoms with Crippen LogP contribution in [0.2, 0.25) is 0 Å². The lowest BCUT2D eigenvalue weighted by Gasteiger charge is -2.29. The molecule has 5 heteroatoms. The van der Waals surface area contributed by atoms with Gasteiger partial charge in [0.05, 0.1) is 13.2 Å². The minimum absolute atomic E-state index is 0.143. The van der Waals surface area contributed by atoms with E-state index in [0.29, 0.717) is 13.2 Å². The molecule has 2 nitrogen and oxygen atoms in total. The molecular weight excluding hydrogens is 295 g/mol. The average molecular weight is 327 g/mol. The first-order chi connectivity index (χ1) is 8.54. The second kappa shape index (κ2) is 8.38. The summed E-state index contributed by atoms with van der Waals surface area (Å²) in [6, 6.07) is 0. The van der Waals surface area contributed by atoms with Gasteiger partial charge in [0.1, 0.15) is 0 Å². The van der Waals surface area contributed by atoms with E-state index in [1.54, 1.807) is 0 Å². The van der Waals surface area contributed by atoms with Gasteiger partial charge in [-0.15, -0.1) is 0 Å². The van der Waals surface area contributed by atoms with E-state index in [1.807, 2.05) is 0 Å². The lowest BCUT2D eigenvalue weighted by Crippen LogP contribution is -2.20.